The normalized spacial score (nSPS) is 12.5. The fourth-order valence-electron chi connectivity index (χ4n) is 2.77. The number of carbonyl (C=O) groups is 3. The molecule has 0 bridgehead atoms. The highest BCUT2D eigenvalue weighted by Gasteiger charge is 2.40. The van der Waals surface area contributed by atoms with E-state index in [1.807, 2.05) is 6.07 Å². The third-order valence-corrected chi connectivity index (χ3v) is 4.01. The number of nitro groups is 1. The lowest BCUT2D eigenvalue weighted by atomic mass is 10.1. The third kappa shape index (κ3) is 3.36. The van der Waals surface area contributed by atoms with Crippen LogP contribution in [0, 0.1) is 21.4 Å². The number of nitro benzene ring substituents is 1. The zero-order valence-electron chi connectivity index (χ0n) is 13.8. The molecule has 1 aliphatic rings. The summed E-state index contributed by atoms with van der Waals surface area (Å²) in [5, 5.41) is 22.5. The number of nitriles is 1. The number of hydrogen-bond donors (Lipinski definition) is 1. The van der Waals surface area contributed by atoms with Gasteiger partial charge in [-0.3, -0.25) is 29.4 Å². The van der Waals surface area contributed by atoms with E-state index in [2.05, 4.69) is 5.32 Å². The molecule has 0 spiro atoms. The molecule has 0 saturated heterocycles. The number of rotatable bonds is 5. The topological polar surface area (TPSA) is 133 Å². The molecule has 0 saturated carbocycles. The molecule has 0 radical (unpaired) electrons. The van der Waals surface area contributed by atoms with Gasteiger partial charge in [-0.1, -0.05) is 12.1 Å². The van der Waals surface area contributed by atoms with Crippen molar-refractivity contribution < 1.29 is 19.3 Å². The molecule has 0 unspecified atom stereocenters. The zero-order valence-corrected chi connectivity index (χ0v) is 13.8. The first-order chi connectivity index (χ1) is 12.9. The van der Waals surface area contributed by atoms with Crippen molar-refractivity contribution in [3.05, 3.63) is 69.3 Å². The van der Waals surface area contributed by atoms with E-state index in [1.165, 1.54) is 18.2 Å². The van der Waals surface area contributed by atoms with Crippen LogP contribution in [0.5, 0.6) is 0 Å². The van der Waals surface area contributed by atoms with Gasteiger partial charge in [-0.25, -0.2) is 0 Å². The van der Waals surface area contributed by atoms with E-state index in [9.17, 15) is 24.5 Å². The van der Waals surface area contributed by atoms with E-state index >= 15 is 0 Å². The monoisotopic (exact) mass is 364 g/mol. The number of imide groups is 1. The van der Waals surface area contributed by atoms with Crippen molar-refractivity contribution in [3.63, 3.8) is 0 Å². The summed E-state index contributed by atoms with van der Waals surface area (Å²) >= 11 is 0. The highest BCUT2D eigenvalue weighted by molar-refractivity contribution is 6.23. The molecule has 3 rings (SSSR count). The number of hydrogen-bond acceptors (Lipinski definition) is 6. The fourth-order valence-corrected chi connectivity index (χ4v) is 2.77. The lowest BCUT2D eigenvalue weighted by Gasteiger charge is -2.13. The summed E-state index contributed by atoms with van der Waals surface area (Å²) < 4.78 is 0. The second kappa shape index (κ2) is 7.05. The van der Waals surface area contributed by atoms with Crippen LogP contribution in [0.15, 0.2) is 42.5 Å². The van der Waals surface area contributed by atoms with Crippen LogP contribution in [0.2, 0.25) is 0 Å². The van der Waals surface area contributed by atoms with E-state index in [1.54, 1.807) is 18.2 Å². The van der Waals surface area contributed by atoms with Gasteiger partial charge < -0.3 is 5.32 Å². The van der Waals surface area contributed by atoms with Crippen LogP contribution < -0.4 is 5.32 Å². The van der Waals surface area contributed by atoms with E-state index in [0.29, 0.717) is 11.3 Å². The molecule has 27 heavy (non-hydrogen) atoms. The molecule has 0 fully saturated rings. The van der Waals surface area contributed by atoms with Crippen LogP contribution in [0.1, 0.15) is 32.7 Å². The van der Waals surface area contributed by atoms with Crippen LogP contribution >= 0.6 is 0 Å². The summed E-state index contributed by atoms with van der Waals surface area (Å²) in [5.74, 6) is -1.92. The van der Waals surface area contributed by atoms with Gasteiger partial charge in [-0.15, -0.1) is 0 Å². The minimum Gasteiger partial charge on any atom is -0.326 e. The van der Waals surface area contributed by atoms with E-state index in [0.717, 1.165) is 11.0 Å². The Morgan fingerprint density at radius 2 is 1.93 bits per heavy atom. The fraction of sp³-hybridized carbons (Fsp3) is 0.111. The van der Waals surface area contributed by atoms with Crippen molar-refractivity contribution in [2.45, 2.75) is 6.42 Å². The maximum absolute atomic E-state index is 12.4. The summed E-state index contributed by atoms with van der Waals surface area (Å²) in [6, 6.07) is 12.1. The quantitative estimate of drug-likeness (QED) is 0.490. The van der Waals surface area contributed by atoms with Crippen molar-refractivity contribution in [1.29, 1.82) is 5.26 Å². The van der Waals surface area contributed by atoms with Gasteiger partial charge in [-0.2, -0.15) is 5.26 Å². The number of fused-ring (bicyclic) bond motifs is 1. The molecule has 1 N–H and O–H groups in total. The molecule has 9 nitrogen and oxygen atoms in total. The second-order valence-electron chi connectivity index (χ2n) is 5.71. The van der Waals surface area contributed by atoms with Gasteiger partial charge in [0.25, 0.3) is 17.5 Å². The van der Waals surface area contributed by atoms with Gasteiger partial charge >= 0.3 is 0 Å². The van der Waals surface area contributed by atoms with Crippen molar-refractivity contribution in [2.75, 3.05) is 11.9 Å². The first-order valence-electron chi connectivity index (χ1n) is 7.86. The maximum Gasteiger partial charge on any atom is 0.282 e. The summed E-state index contributed by atoms with van der Waals surface area (Å²) in [6.07, 6.45) is -0.184. The summed E-state index contributed by atoms with van der Waals surface area (Å²) in [5.41, 5.74) is 0.0505. The van der Waals surface area contributed by atoms with Crippen LogP contribution in [-0.4, -0.2) is 34.1 Å². The number of benzene rings is 2. The Labute approximate surface area is 153 Å². The summed E-state index contributed by atoms with van der Waals surface area (Å²) in [6.45, 7) is -0.215. The van der Waals surface area contributed by atoms with E-state index < -0.39 is 28.3 Å². The number of amides is 3. The predicted octanol–water partition coefficient (Wildman–Crippen LogP) is 2.09. The standard InChI is InChI=1S/C18H12N4O5/c19-10-11-3-1-4-12(9-11)20-15(23)7-8-21-17(24)13-5-2-6-14(22(26)27)16(13)18(21)25/h1-6,9H,7-8H2,(H,20,23). The SMILES string of the molecule is N#Cc1cccc(NC(=O)CCN2C(=O)c3cccc([N+](=O)[O-])c3C2=O)c1. The number of anilines is 1. The molecule has 0 aromatic heterocycles. The Bertz CT molecular complexity index is 1020. The van der Waals surface area contributed by atoms with Crippen molar-refractivity contribution in [1.82, 2.24) is 4.90 Å². The first kappa shape index (κ1) is 17.8. The molecular weight excluding hydrogens is 352 g/mol. The Kier molecular flexibility index (Phi) is 4.64. The van der Waals surface area contributed by atoms with Crippen LogP contribution in [0.4, 0.5) is 11.4 Å². The van der Waals surface area contributed by atoms with Gasteiger partial charge in [-0.05, 0) is 24.3 Å². The predicted molar refractivity (Wildman–Crippen MR) is 92.9 cm³/mol. The first-order valence-corrected chi connectivity index (χ1v) is 7.86. The van der Waals surface area contributed by atoms with E-state index in [4.69, 9.17) is 5.26 Å². The van der Waals surface area contributed by atoms with Gasteiger partial charge in [0.1, 0.15) is 5.56 Å². The average molecular weight is 364 g/mol. The molecule has 2 aromatic rings. The molecule has 9 heteroatoms. The molecule has 2 aromatic carbocycles. The molecule has 134 valence electrons. The Morgan fingerprint density at radius 3 is 2.63 bits per heavy atom. The Hall–Kier alpha value is -4.06. The molecule has 0 atom stereocenters. The zero-order chi connectivity index (χ0) is 19.6. The molecule has 1 heterocycles. The van der Waals surface area contributed by atoms with Gasteiger partial charge in [0, 0.05) is 24.7 Å². The lowest BCUT2D eigenvalue weighted by molar-refractivity contribution is -0.385. The second-order valence-corrected chi connectivity index (χ2v) is 5.71. The summed E-state index contributed by atoms with van der Waals surface area (Å²) in [7, 11) is 0. The summed E-state index contributed by atoms with van der Waals surface area (Å²) in [4.78, 5) is 48.0. The van der Waals surface area contributed by atoms with Crippen molar-refractivity contribution in [2.24, 2.45) is 0 Å². The molecule has 0 aliphatic carbocycles. The van der Waals surface area contributed by atoms with Gasteiger partial charge in [0.15, 0.2) is 0 Å². The van der Waals surface area contributed by atoms with E-state index in [-0.39, 0.29) is 24.1 Å². The molecule has 1 aliphatic heterocycles. The van der Waals surface area contributed by atoms with Gasteiger partial charge in [0.05, 0.1) is 22.1 Å². The minimum absolute atomic E-state index is 0.0451. The minimum atomic E-state index is -0.790. The molecular formula is C18H12N4O5. The maximum atomic E-state index is 12.4. The highest BCUT2D eigenvalue weighted by Crippen LogP contribution is 2.30. The number of nitrogens with zero attached hydrogens (tertiary/aromatic N) is 3. The van der Waals surface area contributed by atoms with Crippen molar-refractivity contribution >= 4 is 29.1 Å². The van der Waals surface area contributed by atoms with Gasteiger partial charge in [0.2, 0.25) is 5.91 Å². The number of nitrogens with one attached hydrogen (secondary N) is 1. The molecule has 3 amide bonds. The smallest absolute Gasteiger partial charge is 0.282 e. The Morgan fingerprint density at radius 1 is 1.19 bits per heavy atom. The third-order valence-electron chi connectivity index (χ3n) is 4.01. The van der Waals surface area contributed by atoms with Crippen LogP contribution in [0.25, 0.3) is 0 Å². The van der Waals surface area contributed by atoms with Crippen LogP contribution in [0.3, 0.4) is 0 Å². The Balaban J connectivity index is 1.70. The lowest BCUT2D eigenvalue weighted by Crippen LogP contribution is -2.33. The largest absolute Gasteiger partial charge is 0.326 e. The average Bonchev–Trinajstić information content (AvgIpc) is 2.90. The van der Waals surface area contributed by atoms with Crippen LogP contribution in [-0.2, 0) is 4.79 Å². The number of carbonyl (C=O) groups excluding carboxylic acids is 3. The van der Waals surface area contributed by atoms with Crippen molar-refractivity contribution in [3.8, 4) is 6.07 Å². The highest BCUT2D eigenvalue weighted by atomic mass is 16.6.